The number of nitrogens with one attached hydrogen (secondary N) is 2. The first kappa shape index (κ1) is 19.0. The number of aromatic nitrogens is 2. The minimum atomic E-state index is 0.694. The van der Waals surface area contributed by atoms with Crippen molar-refractivity contribution < 1.29 is 4.74 Å². The summed E-state index contributed by atoms with van der Waals surface area (Å²) in [5.74, 6) is 3.10. The number of aryl methyl sites for hydroxylation is 1. The Morgan fingerprint density at radius 3 is 2.59 bits per heavy atom. The Balaban J connectivity index is 1.69. The van der Waals surface area contributed by atoms with E-state index in [1.807, 2.05) is 56.3 Å². The van der Waals surface area contributed by atoms with Crippen LogP contribution in [0.1, 0.15) is 17.0 Å². The lowest BCUT2D eigenvalue weighted by atomic mass is 10.1. The van der Waals surface area contributed by atoms with Crippen LogP contribution in [0.3, 0.4) is 0 Å². The molecule has 3 rings (SSSR count). The van der Waals surface area contributed by atoms with E-state index in [2.05, 4.69) is 26.7 Å². The fourth-order valence-electron chi connectivity index (χ4n) is 2.84. The van der Waals surface area contributed by atoms with Crippen LogP contribution >= 0.6 is 11.6 Å². The maximum Gasteiger partial charge on any atom is 0.136 e. The zero-order valence-corrected chi connectivity index (χ0v) is 16.5. The van der Waals surface area contributed by atoms with Gasteiger partial charge in [0.15, 0.2) is 0 Å². The molecule has 0 unspecified atom stereocenters. The minimum Gasteiger partial charge on any atom is -0.496 e. The molecule has 0 aliphatic carbocycles. The number of ether oxygens (including phenoxy) is 1. The Hall–Kier alpha value is -2.79. The highest BCUT2D eigenvalue weighted by molar-refractivity contribution is 6.31. The molecule has 140 valence electrons. The van der Waals surface area contributed by atoms with Gasteiger partial charge in [0.05, 0.1) is 7.11 Å². The van der Waals surface area contributed by atoms with Gasteiger partial charge in [0, 0.05) is 23.3 Å². The molecule has 5 nitrogen and oxygen atoms in total. The lowest BCUT2D eigenvalue weighted by Gasteiger charge is -2.13. The third kappa shape index (κ3) is 4.89. The summed E-state index contributed by atoms with van der Waals surface area (Å²) in [6, 6.07) is 15.7. The van der Waals surface area contributed by atoms with Crippen LogP contribution in [0.5, 0.6) is 5.75 Å². The molecular formula is C21H23ClN4O. The first-order chi connectivity index (χ1) is 13.1. The topological polar surface area (TPSA) is 59.1 Å². The number of nitrogens with zero attached hydrogens (tertiary/aromatic N) is 2. The average molecular weight is 383 g/mol. The molecule has 0 aliphatic rings. The number of hydrogen-bond donors (Lipinski definition) is 2. The predicted molar refractivity (Wildman–Crippen MR) is 111 cm³/mol. The summed E-state index contributed by atoms with van der Waals surface area (Å²) < 4.78 is 5.40. The second-order valence-electron chi connectivity index (χ2n) is 6.21. The number of hydrogen-bond acceptors (Lipinski definition) is 5. The van der Waals surface area contributed by atoms with E-state index in [4.69, 9.17) is 16.3 Å². The van der Waals surface area contributed by atoms with Gasteiger partial charge < -0.3 is 15.4 Å². The van der Waals surface area contributed by atoms with E-state index >= 15 is 0 Å². The molecular weight excluding hydrogens is 360 g/mol. The van der Waals surface area contributed by atoms with Gasteiger partial charge in [-0.05, 0) is 49.6 Å². The first-order valence-corrected chi connectivity index (χ1v) is 9.18. The zero-order valence-electron chi connectivity index (χ0n) is 15.7. The number of halogens is 1. The van der Waals surface area contributed by atoms with Crippen molar-refractivity contribution in [2.45, 2.75) is 20.3 Å². The Kier molecular flexibility index (Phi) is 6.14. The van der Waals surface area contributed by atoms with Crippen LogP contribution in [0.15, 0.2) is 48.5 Å². The SMILES string of the molecule is COc1ccccc1CCNc1cc(Nc2cccc(Cl)c2C)nc(C)n1. The number of rotatable bonds is 7. The third-order valence-electron chi connectivity index (χ3n) is 4.26. The van der Waals surface area contributed by atoms with Crippen molar-refractivity contribution in [3.05, 3.63) is 70.5 Å². The van der Waals surface area contributed by atoms with E-state index in [9.17, 15) is 0 Å². The highest BCUT2D eigenvalue weighted by Crippen LogP contribution is 2.26. The summed E-state index contributed by atoms with van der Waals surface area (Å²) in [6.07, 6.45) is 0.837. The van der Waals surface area contributed by atoms with E-state index < -0.39 is 0 Å². The molecule has 0 aliphatic heterocycles. The number of anilines is 3. The second-order valence-corrected chi connectivity index (χ2v) is 6.62. The van der Waals surface area contributed by atoms with Crippen LogP contribution in [-0.4, -0.2) is 23.6 Å². The first-order valence-electron chi connectivity index (χ1n) is 8.80. The molecule has 0 spiro atoms. The fourth-order valence-corrected chi connectivity index (χ4v) is 3.01. The summed E-state index contributed by atoms with van der Waals surface area (Å²) in [5.41, 5.74) is 3.08. The summed E-state index contributed by atoms with van der Waals surface area (Å²) in [6.45, 7) is 4.60. The molecule has 1 aromatic heterocycles. The summed E-state index contributed by atoms with van der Waals surface area (Å²) in [5, 5.41) is 7.41. The van der Waals surface area contributed by atoms with Gasteiger partial charge in [-0.15, -0.1) is 0 Å². The van der Waals surface area contributed by atoms with Gasteiger partial charge in [-0.3, -0.25) is 0 Å². The summed E-state index contributed by atoms with van der Waals surface area (Å²) in [7, 11) is 1.69. The van der Waals surface area contributed by atoms with Crippen LogP contribution in [0.4, 0.5) is 17.3 Å². The summed E-state index contributed by atoms with van der Waals surface area (Å²) >= 11 is 6.20. The van der Waals surface area contributed by atoms with Crippen LogP contribution in [0.2, 0.25) is 5.02 Å². The molecule has 0 bridgehead atoms. The van der Waals surface area contributed by atoms with Crippen molar-refractivity contribution in [2.24, 2.45) is 0 Å². The molecule has 1 heterocycles. The molecule has 0 atom stereocenters. The van der Waals surface area contributed by atoms with E-state index in [1.165, 1.54) is 0 Å². The number of methoxy groups -OCH3 is 1. The van der Waals surface area contributed by atoms with Crippen molar-refractivity contribution >= 4 is 28.9 Å². The van der Waals surface area contributed by atoms with Gasteiger partial charge in [-0.1, -0.05) is 35.9 Å². The van der Waals surface area contributed by atoms with Crippen LogP contribution in [0.25, 0.3) is 0 Å². The molecule has 0 amide bonds. The molecule has 0 radical (unpaired) electrons. The van der Waals surface area contributed by atoms with E-state index in [1.54, 1.807) is 7.11 Å². The Morgan fingerprint density at radius 1 is 1.00 bits per heavy atom. The largest absolute Gasteiger partial charge is 0.496 e. The van der Waals surface area contributed by atoms with Gasteiger partial charge in [0.25, 0.3) is 0 Å². The standard InChI is InChI=1S/C21H23ClN4O/c1-14-17(22)8-6-9-18(14)26-21-13-20(24-15(2)25-21)23-12-11-16-7-4-5-10-19(16)27-3/h4-10,13H,11-12H2,1-3H3,(H2,23,24,25,26). The van der Waals surface area contributed by atoms with Gasteiger partial charge in [0.1, 0.15) is 23.2 Å². The predicted octanol–water partition coefficient (Wildman–Crippen LogP) is 5.15. The normalized spacial score (nSPS) is 10.5. The molecule has 0 fully saturated rings. The number of benzene rings is 2. The molecule has 3 aromatic rings. The van der Waals surface area contributed by atoms with Gasteiger partial charge in [0.2, 0.25) is 0 Å². The van der Waals surface area contributed by atoms with Crippen LogP contribution in [0, 0.1) is 13.8 Å². The smallest absolute Gasteiger partial charge is 0.136 e. The highest BCUT2D eigenvalue weighted by Gasteiger charge is 2.07. The third-order valence-corrected chi connectivity index (χ3v) is 4.67. The zero-order chi connectivity index (χ0) is 19.2. The van der Waals surface area contributed by atoms with Crippen molar-refractivity contribution in [1.82, 2.24) is 9.97 Å². The lowest BCUT2D eigenvalue weighted by Crippen LogP contribution is -2.09. The quantitative estimate of drug-likeness (QED) is 0.591. The fraction of sp³-hybridized carbons (Fsp3) is 0.238. The molecule has 27 heavy (non-hydrogen) atoms. The molecule has 0 saturated carbocycles. The monoisotopic (exact) mass is 382 g/mol. The summed E-state index contributed by atoms with van der Waals surface area (Å²) in [4.78, 5) is 8.94. The van der Waals surface area contributed by atoms with Crippen LogP contribution in [-0.2, 0) is 6.42 Å². The van der Waals surface area contributed by atoms with Crippen molar-refractivity contribution in [3.63, 3.8) is 0 Å². The van der Waals surface area contributed by atoms with E-state index in [0.29, 0.717) is 5.82 Å². The Labute approximate surface area is 164 Å². The molecule has 2 N–H and O–H groups in total. The van der Waals surface area contributed by atoms with Crippen molar-refractivity contribution in [1.29, 1.82) is 0 Å². The van der Waals surface area contributed by atoms with Gasteiger partial charge in [-0.25, -0.2) is 9.97 Å². The van der Waals surface area contributed by atoms with Crippen LogP contribution < -0.4 is 15.4 Å². The van der Waals surface area contributed by atoms with Crippen molar-refractivity contribution in [3.8, 4) is 5.75 Å². The maximum absolute atomic E-state index is 6.20. The maximum atomic E-state index is 6.20. The van der Waals surface area contributed by atoms with E-state index in [0.717, 1.165) is 52.2 Å². The molecule has 0 saturated heterocycles. The lowest BCUT2D eigenvalue weighted by molar-refractivity contribution is 0.410. The van der Waals surface area contributed by atoms with Gasteiger partial charge in [-0.2, -0.15) is 0 Å². The highest BCUT2D eigenvalue weighted by atomic mass is 35.5. The molecule has 6 heteroatoms. The minimum absolute atomic E-state index is 0.694. The Morgan fingerprint density at radius 2 is 1.78 bits per heavy atom. The second kappa shape index (κ2) is 8.73. The van der Waals surface area contributed by atoms with Gasteiger partial charge >= 0.3 is 0 Å². The number of para-hydroxylation sites is 1. The van der Waals surface area contributed by atoms with Crippen molar-refractivity contribution in [2.75, 3.05) is 24.3 Å². The average Bonchev–Trinajstić information content (AvgIpc) is 2.65. The molecule has 2 aromatic carbocycles. The van der Waals surface area contributed by atoms with E-state index in [-0.39, 0.29) is 0 Å². The Bertz CT molecular complexity index is 930.